The average molecular weight is 472 g/mol. The fraction of sp³-hybridized carbons (Fsp3) is 0.435. The number of anilines is 1. The van der Waals surface area contributed by atoms with Gasteiger partial charge in [-0.05, 0) is 60.6 Å². The predicted octanol–water partition coefficient (Wildman–Crippen LogP) is 3.05. The molecule has 0 radical (unpaired) electrons. The lowest BCUT2D eigenvalue weighted by Gasteiger charge is -2.32. The van der Waals surface area contributed by atoms with Gasteiger partial charge in [-0.1, -0.05) is 11.2 Å². The predicted molar refractivity (Wildman–Crippen MR) is 122 cm³/mol. The Bertz CT molecular complexity index is 1240. The van der Waals surface area contributed by atoms with Gasteiger partial charge in [0.1, 0.15) is 11.6 Å². The van der Waals surface area contributed by atoms with Crippen LogP contribution in [0.4, 0.5) is 10.2 Å². The minimum atomic E-state index is -3.19. The van der Waals surface area contributed by atoms with Crippen molar-refractivity contribution >= 4 is 15.8 Å². The third-order valence-corrected chi connectivity index (χ3v) is 7.74. The Morgan fingerprint density at radius 3 is 2.67 bits per heavy atom. The van der Waals surface area contributed by atoms with Gasteiger partial charge in [-0.25, -0.2) is 17.8 Å². The highest BCUT2D eigenvalue weighted by Gasteiger charge is 2.25. The molecule has 10 heteroatoms. The molecule has 1 saturated heterocycles. The highest BCUT2D eigenvalue weighted by Crippen LogP contribution is 2.28. The minimum Gasteiger partial charge on any atom is -0.357 e. The lowest BCUT2D eigenvalue weighted by Crippen LogP contribution is -2.35. The van der Waals surface area contributed by atoms with Crippen LogP contribution in [-0.4, -0.2) is 53.7 Å². The lowest BCUT2D eigenvalue weighted by atomic mass is 9.93. The standard InChI is InChI=1S/C23H26FN5O3S/c1-33(30,31)29-11-8-17-13-18(2-3-19(17)15-29)23-26-21(27-32-23)12-16-6-9-28(10-7-16)22-5-4-20(24)14-25-22/h2-5,13-14,16H,6-12,15H2,1H3. The largest absolute Gasteiger partial charge is 0.357 e. The highest BCUT2D eigenvalue weighted by molar-refractivity contribution is 7.88. The van der Waals surface area contributed by atoms with Crippen LogP contribution in [0.2, 0.25) is 0 Å². The number of pyridine rings is 1. The Morgan fingerprint density at radius 2 is 1.94 bits per heavy atom. The number of rotatable bonds is 5. The number of benzene rings is 1. The molecule has 0 unspecified atom stereocenters. The Morgan fingerprint density at radius 1 is 1.12 bits per heavy atom. The third-order valence-electron chi connectivity index (χ3n) is 6.49. The van der Waals surface area contributed by atoms with E-state index >= 15 is 0 Å². The van der Waals surface area contributed by atoms with Gasteiger partial charge in [0.2, 0.25) is 10.0 Å². The van der Waals surface area contributed by atoms with Gasteiger partial charge in [-0.2, -0.15) is 9.29 Å². The van der Waals surface area contributed by atoms with Gasteiger partial charge < -0.3 is 9.42 Å². The van der Waals surface area contributed by atoms with Crippen LogP contribution in [-0.2, 0) is 29.4 Å². The van der Waals surface area contributed by atoms with E-state index in [2.05, 4.69) is 20.0 Å². The highest BCUT2D eigenvalue weighted by atomic mass is 32.2. The summed E-state index contributed by atoms with van der Waals surface area (Å²) in [6.45, 7) is 2.61. The number of fused-ring (bicyclic) bond motifs is 1. The van der Waals surface area contributed by atoms with Gasteiger partial charge in [0.05, 0.1) is 12.5 Å². The van der Waals surface area contributed by atoms with Crippen LogP contribution in [0.15, 0.2) is 41.1 Å². The van der Waals surface area contributed by atoms with E-state index in [0.717, 1.165) is 54.9 Å². The van der Waals surface area contributed by atoms with Crippen LogP contribution < -0.4 is 4.90 Å². The van der Waals surface area contributed by atoms with E-state index in [4.69, 9.17) is 4.52 Å². The van der Waals surface area contributed by atoms with Crippen molar-refractivity contribution in [3.8, 4) is 11.5 Å². The number of halogens is 1. The molecule has 1 aromatic carbocycles. The third kappa shape index (κ3) is 4.91. The molecular weight excluding hydrogens is 445 g/mol. The topological polar surface area (TPSA) is 92.4 Å². The zero-order chi connectivity index (χ0) is 23.0. The summed E-state index contributed by atoms with van der Waals surface area (Å²) in [5.74, 6) is 2.13. The van der Waals surface area contributed by atoms with E-state index < -0.39 is 10.0 Å². The number of sulfonamides is 1. The van der Waals surface area contributed by atoms with Crippen molar-refractivity contribution in [1.29, 1.82) is 0 Å². The van der Waals surface area contributed by atoms with Crippen molar-refractivity contribution in [2.75, 3.05) is 30.8 Å². The molecular formula is C23H26FN5O3S. The summed E-state index contributed by atoms with van der Waals surface area (Å²) in [6, 6.07) is 9.05. The molecule has 2 aliphatic heterocycles. The van der Waals surface area contributed by atoms with Crippen LogP contribution in [0.5, 0.6) is 0 Å². The number of aromatic nitrogens is 3. The molecule has 0 bridgehead atoms. The van der Waals surface area contributed by atoms with E-state index in [1.807, 2.05) is 18.2 Å². The molecule has 0 atom stereocenters. The van der Waals surface area contributed by atoms with E-state index in [9.17, 15) is 12.8 Å². The summed E-state index contributed by atoms with van der Waals surface area (Å²) in [6.07, 6.45) is 5.89. The second-order valence-corrected chi connectivity index (χ2v) is 10.8. The monoisotopic (exact) mass is 471 g/mol. The second kappa shape index (κ2) is 8.83. The molecule has 174 valence electrons. The van der Waals surface area contributed by atoms with Gasteiger partial charge in [-0.3, -0.25) is 0 Å². The van der Waals surface area contributed by atoms with Gasteiger partial charge in [0, 0.05) is 38.2 Å². The van der Waals surface area contributed by atoms with Crippen molar-refractivity contribution in [1.82, 2.24) is 19.4 Å². The van der Waals surface area contributed by atoms with E-state index in [1.165, 1.54) is 22.8 Å². The molecule has 1 fully saturated rings. The summed E-state index contributed by atoms with van der Waals surface area (Å²) < 4.78 is 43.8. The first-order valence-electron chi connectivity index (χ1n) is 11.1. The molecule has 0 N–H and O–H groups in total. The Labute approximate surface area is 192 Å². The first-order valence-corrected chi connectivity index (χ1v) is 13.0. The molecule has 5 rings (SSSR count). The van der Waals surface area contributed by atoms with E-state index in [0.29, 0.717) is 37.1 Å². The number of hydrogen-bond acceptors (Lipinski definition) is 7. The SMILES string of the molecule is CS(=O)(=O)N1CCc2cc(-c3nc(CC4CCN(c5ccc(F)cn5)CC4)no3)ccc2C1. The Kier molecular flexibility index (Phi) is 5.88. The molecule has 0 amide bonds. The number of piperidine rings is 1. The van der Waals surface area contributed by atoms with Gasteiger partial charge in [-0.15, -0.1) is 0 Å². The van der Waals surface area contributed by atoms with Crippen LogP contribution in [0.3, 0.4) is 0 Å². The summed E-state index contributed by atoms with van der Waals surface area (Å²) in [7, 11) is -3.19. The van der Waals surface area contributed by atoms with Crippen LogP contribution in [0.1, 0.15) is 29.8 Å². The van der Waals surface area contributed by atoms with Crippen LogP contribution >= 0.6 is 0 Å². The summed E-state index contributed by atoms with van der Waals surface area (Å²) in [4.78, 5) is 11.0. The Balaban J connectivity index is 1.20. The average Bonchev–Trinajstić information content (AvgIpc) is 3.27. The molecule has 2 aromatic heterocycles. The quantitative estimate of drug-likeness (QED) is 0.565. The van der Waals surface area contributed by atoms with Gasteiger partial charge in [0.25, 0.3) is 5.89 Å². The molecule has 8 nitrogen and oxygen atoms in total. The van der Waals surface area contributed by atoms with Crippen molar-refractivity contribution in [3.05, 3.63) is 59.3 Å². The summed E-state index contributed by atoms with van der Waals surface area (Å²) in [5, 5.41) is 4.19. The number of nitrogens with zero attached hydrogens (tertiary/aromatic N) is 5. The molecule has 4 heterocycles. The maximum absolute atomic E-state index is 13.1. The fourth-order valence-corrected chi connectivity index (χ4v) is 5.37. The van der Waals surface area contributed by atoms with E-state index in [-0.39, 0.29) is 5.82 Å². The smallest absolute Gasteiger partial charge is 0.257 e. The van der Waals surface area contributed by atoms with Crippen LogP contribution in [0.25, 0.3) is 11.5 Å². The van der Waals surface area contributed by atoms with Gasteiger partial charge >= 0.3 is 0 Å². The molecule has 0 aliphatic carbocycles. The van der Waals surface area contributed by atoms with E-state index in [1.54, 1.807) is 6.07 Å². The fourth-order valence-electron chi connectivity index (χ4n) is 4.58. The lowest BCUT2D eigenvalue weighted by molar-refractivity contribution is 0.377. The number of hydrogen-bond donors (Lipinski definition) is 0. The Hall–Kier alpha value is -2.85. The summed E-state index contributed by atoms with van der Waals surface area (Å²) in [5.41, 5.74) is 2.99. The van der Waals surface area contributed by atoms with Gasteiger partial charge in [0.15, 0.2) is 5.82 Å². The zero-order valence-corrected chi connectivity index (χ0v) is 19.3. The first-order chi connectivity index (χ1) is 15.8. The second-order valence-electron chi connectivity index (χ2n) is 8.81. The normalized spacial score (nSPS) is 17.8. The molecule has 3 aromatic rings. The molecule has 0 spiro atoms. The van der Waals surface area contributed by atoms with Crippen molar-refractivity contribution in [2.24, 2.45) is 5.92 Å². The maximum Gasteiger partial charge on any atom is 0.257 e. The molecule has 2 aliphatic rings. The van der Waals surface area contributed by atoms with Crippen molar-refractivity contribution in [2.45, 2.75) is 32.2 Å². The first kappa shape index (κ1) is 22.0. The maximum atomic E-state index is 13.1. The van der Waals surface area contributed by atoms with Crippen molar-refractivity contribution in [3.63, 3.8) is 0 Å². The molecule has 0 saturated carbocycles. The zero-order valence-electron chi connectivity index (χ0n) is 18.4. The van der Waals surface area contributed by atoms with Crippen molar-refractivity contribution < 1.29 is 17.3 Å². The summed E-state index contributed by atoms with van der Waals surface area (Å²) >= 11 is 0. The molecule has 33 heavy (non-hydrogen) atoms. The van der Waals surface area contributed by atoms with Crippen LogP contribution in [0, 0.1) is 11.7 Å². The minimum absolute atomic E-state index is 0.323.